The Bertz CT molecular complexity index is 412. The largest absolute Gasteiger partial charge is 0.466 e. The number of nitrogens with two attached hydrogens (primary N) is 1. The number of nitrogens with zero attached hydrogens (tertiary/aromatic N) is 1. The van der Waals surface area contributed by atoms with Gasteiger partial charge < -0.3 is 9.15 Å². The van der Waals surface area contributed by atoms with Crippen LogP contribution < -0.4 is 11.3 Å². The average molecular weight is 316 g/mol. The number of hydrogen-bond acceptors (Lipinski definition) is 5. The van der Waals surface area contributed by atoms with Crippen LogP contribution in [0.3, 0.4) is 0 Å². The number of halogens is 1. The summed E-state index contributed by atoms with van der Waals surface area (Å²) < 4.78 is 12.4. The summed E-state index contributed by atoms with van der Waals surface area (Å²) >= 11 is 3.47. The third kappa shape index (κ3) is 2.23. The van der Waals surface area contributed by atoms with E-state index in [1.54, 1.807) is 6.26 Å². The number of morpholine rings is 1. The molecule has 2 saturated heterocycles. The molecular formula is C12H18BrN3O2. The van der Waals surface area contributed by atoms with Crippen LogP contribution in [-0.4, -0.2) is 36.7 Å². The highest BCUT2D eigenvalue weighted by Gasteiger charge is 2.37. The lowest BCUT2D eigenvalue weighted by Gasteiger charge is -2.38. The zero-order chi connectivity index (χ0) is 12.5. The lowest BCUT2D eigenvalue weighted by molar-refractivity contribution is -0.0682. The number of ether oxygens (including phenoxy) is 1. The minimum Gasteiger partial charge on any atom is -0.466 e. The highest BCUT2D eigenvalue weighted by atomic mass is 79.9. The number of furan rings is 1. The van der Waals surface area contributed by atoms with Crippen molar-refractivity contribution in [2.24, 2.45) is 5.84 Å². The molecule has 2 aliphatic heterocycles. The summed E-state index contributed by atoms with van der Waals surface area (Å²) in [5.74, 6) is 6.48. The number of hydrazine groups is 1. The van der Waals surface area contributed by atoms with Gasteiger partial charge in [0.05, 0.1) is 23.4 Å². The van der Waals surface area contributed by atoms with E-state index in [1.807, 2.05) is 6.07 Å². The van der Waals surface area contributed by atoms with Gasteiger partial charge in [-0.3, -0.25) is 10.7 Å². The maximum atomic E-state index is 5.96. The van der Waals surface area contributed by atoms with Crippen molar-refractivity contribution >= 4 is 15.9 Å². The van der Waals surface area contributed by atoms with Crippen molar-refractivity contribution in [2.45, 2.75) is 31.0 Å². The van der Waals surface area contributed by atoms with E-state index in [0.29, 0.717) is 6.04 Å². The highest BCUT2D eigenvalue weighted by Crippen LogP contribution is 2.32. The molecule has 3 heterocycles. The number of rotatable bonds is 3. The lowest BCUT2D eigenvalue weighted by Crippen LogP contribution is -2.51. The third-order valence-corrected chi connectivity index (χ3v) is 4.55. The molecule has 2 fully saturated rings. The van der Waals surface area contributed by atoms with E-state index >= 15 is 0 Å². The minimum atomic E-state index is -0.115. The fourth-order valence-corrected chi connectivity index (χ4v) is 3.37. The van der Waals surface area contributed by atoms with E-state index < -0.39 is 0 Å². The molecule has 0 bridgehead atoms. The van der Waals surface area contributed by atoms with Gasteiger partial charge in [0.1, 0.15) is 11.8 Å². The third-order valence-electron chi connectivity index (χ3n) is 3.89. The normalized spacial score (nSPS) is 30.3. The van der Waals surface area contributed by atoms with Gasteiger partial charge in [-0.2, -0.15) is 0 Å². The fraction of sp³-hybridized carbons (Fsp3) is 0.667. The smallest absolute Gasteiger partial charge is 0.138 e. The molecule has 3 atom stereocenters. The van der Waals surface area contributed by atoms with Gasteiger partial charge in [0, 0.05) is 12.6 Å². The van der Waals surface area contributed by atoms with Gasteiger partial charge in [0.15, 0.2) is 0 Å². The van der Waals surface area contributed by atoms with Crippen LogP contribution in [0, 0.1) is 0 Å². The van der Waals surface area contributed by atoms with Crippen LogP contribution in [0.2, 0.25) is 0 Å². The van der Waals surface area contributed by atoms with Crippen LogP contribution in [0.5, 0.6) is 0 Å². The number of nitrogens with one attached hydrogen (secondary N) is 1. The van der Waals surface area contributed by atoms with Crippen molar-refractivity contribution in [1.29, 1.82) is 0 Å². The van der Waals surface area contributed by atoms with Crippen molar-refractivity contribution in [2.75, 3.05) is 19.7 Å². The van der Waals surface area contributed by atoms with E-state index in [9.17, 15) is 0 Å². The van der Waals surface area contributed by atoms with Crippen molar-refractivity contribution in [3.8, 4) is 0 Å². The van der Waals surface area contributed by atoms with E-state index in [0.717, 1.165) is 23.4 Å². The van der Waals surface area contributed by atoms with Gasteiger partial charge in [-0.25, -0.2) is 5.43 Å². The topological polar surface area (TPSA) is 63.7 Å². The predicted molar refractivity (Wildman–Crippen MR) is 70.8 cm³/mol. The first-order valence-corrected chi connectivity index (χ1v) is 7.13. The van der Waals surface area contributed by atoms with Gasteiger partial charge in [-0.1, -0.05) is 0 Å². The molecule has 6 heteroatoms. The SMILES string of the molecule is NNC(c1occc1Br)C1CN2CCCC2CO1. The van der Waals surface area contributed by atoms with Gasteiger partial charge >= 0.3 is 0 Å². The van der Waals surface area contributed by atoms with Crippen LogP contribution in [0.25, 0.3) is 0 Å². The summed E-state index contributed by atoms with van der Waals surface area (Å²) in [4.78, 5) is 2.50. The lowest BCUT2D eigenvalue weighted by atomic mass is 10.1. The quantitative estimate of drug-likeness (QED) is 0.652. The summed E-state index contributed by atoms with van der Waals surface area (Å²) in [6, 6.07) is 2.36. The van der Waals surface area contributed by atoms with Crippen LogP contribution in [-0.2, 0) is 4.74 Å². The Kier molecular flexibility index (Phi) is 3.72. The molecule has 3 rings (SSSR count). The summed E-state index contributed by atoms with van der Waals surface area (Å²) in [6.07, 6.45) is 4.21. The van der Waals surface area contributed by atoms with Crippen molar-refractivity contribution < 1.29 is 9.15 Å². The molecule has 5 nitrogen and oxygen atoms in total. The summed E-state index contributed by atoms with van der Waals surface area (Å²) in [6.45, 7) is 2.87. The van der Waals surface area contributed by atoms with Crippen molar-refractivity contribution in [1.82, 2.24) is 10.3 Å². The van der Waals surface area contributed by atoms with Gasteiger partial charge in [0.25, 0.3) is 0 Å². The maximum Gasteiger partial charge on any atom is 0.138 e. The summed E-state index contributed by atoms with van der Waals surface area (Å²) in [5, 5.41) is 0. The van der Waals surface area contributed by atoms with Crippen molar-refractivity contribution in [3.63, 3.8) is 0 Å². The number of hydrogen-bond donors (Lipinski definition) is 2. The first-order valence-electron chi connectivity index (χ1n) is 6.34. The Morgan fingerprint density at radius 2 is 2.44 bits per heavy atom. The van der Waals surface area contributed by atoms with Gasteiger partial charge in [-0.05, 0) is 41.4 Å². The van der Waals surface area contributed by atoms with E-state index in [4.69, 9.17) is 15.0 Å². The second kappa shape index (κ2) is 5.30. The second-order valence-corrected chi connectivity index (χ2v) is 5.79. The highest BCUT2D eigenvalue weighted by molar-refractivity contribution is 9.10. The number of fused-ring (bicyclic) bond motifs is 1. The molecule has 0 radical (unpaired) electrons. The molecule has 0 spiro atoms. The second-order valence-electron chi connectivity index (χ2n) is 4.94. The van der Waals surface area contributed by atoms with Crippen LogP contribution >= 0.6 is 15.9 Å². The predicted octanol–water partition coefficient (Wildman–Crippen LogP) is 1.41. The maximum absolute atomic E-state index is 5.96. The molecule has 18 heavy (non-hydrogen) atoms. The molecule has 1 aromatic rings. The van der Waals surface area contributed by atoms with Gasteiger partial charge in [-0.15, -0.1) is 0 Å². The van der Waals surface area contributed by atoms with Crippen LogP contribution in [0.15, 0.2) is 21.2 Å². The Morgan fingerprint density at radius 1 is 1.56 bits per heavy atom. The molecule has 0 amide bonds. The Morgan fingerprint density at radius 3 is 3.17 bits per heavy atom. The van der Waals surface area contributed by atoms with E-state index in [1.165, 1.54) is 19.4 Å². The molecule has 3 N–H and O–H groups in total. The fourth-order valence-electron chi connectivity index (χ4n) is 2.92. The average Bonchev–Trinajstić information content (AvgIpc) is 2.99. The van der Waals surface area contributed by atoms with E-state index in [2.05, 4.69) is 26.3 Å². The minimum absolute atomic E-state index is 0.0341. The van der Waals surface area contributed by atoms with Crippen molar-refractivity contribution in [3.05, 3.63) is 22.6 Å². The summed E-state index contributed by atoms with van der Waals surface area (Å²) in [7, 11) is 0. The molecule has 0 saturated carbocycles. The molecule has 0 aromatic carbocycles. The monoisotopic (exact) mass is 315 g/mol. The first-order chi connectivity index (χ1) is 8.79. The molecule has 3 unspecified atom stereocenters. The molecule has 1 aromatic heterocycles. The molecular weight excluding hydrogens is 298 g/mol. The van der Waals surface area contributed by atoms with Crippen LogP contribution in [0.4, 0.5) is 0 Å². The Hall–Kier alpha value is -0.400. The zero-order valence-corrected chi connectivity index (χ0v) is 11.7. The molecule has 100 valence electrons. The van der Waals surface area contributed by atoms with E-state index in [-0.39, 0.29) is 12.1 Å². The first kappa shape index (κ1) is 12.6. The molecule has 2 aliphatic rings. The Labute approximate surface area is 115 Å². The zero-order valence-electron chi connectivity index (χ0n) is 10.1. The summed E-state index contributed by atoms with van der Waals surface area (Å²) in [5.41, 5.74) is 2.82. The standard InChI is InChI=1S/C12H18BrN3O2/c13-9-3-5-17-12(9)11(15-14)10-6-16-4-1-2-8(16)7-18-10/h3,5,8,10-11,15H,1-2,4,6-7,14H2. The molecule has 0 aliphatic carbocycles. The Balaban J connectivity index is 1.74. The van der Waals surface area contributed by atoms with Gasteiger partial charge in [0.2, 0.25) is 0 Å². The van der Waals surface area contributed by atoms with Crippen LogP contribution in [0.1, 0.15) is 24.6 Å².